The van der Waals surface area contributed by atoms with Gasteiger partial charge in [0, 0.05) is 11.1 Å². The lowest BCUT2D eigenvalue weighted by Crippen LogP contribution is -2.14. The molecule has 0 unspecified atom stereocenters. The standard InChI is InChI=1S/C21H21BrO5/c1-24-17-10-13-5-6-14(20(23)15(13)11-18(17)25-2)7-12-8-16(22)21(27-4)19(9-12)26-3/h7-11H,5-6H2,1-4H3/b14-7-. The van der Waals surface area contributed by atoms with Crippen molar-refractivity contribution in [2.75, 3.05) is 28.4 Å². The van der Waals surface area contributed by atoms with Gasteiger partial charge in [-0.3, -0.25) is 4.79 Å². The van der Waals surface area contributed by atoms with Crippen LogP contribution in [0.25, 0.3) is 6.08 Å². The Hall–Kier alpha value is -2.47. The van der Waals surface area contributed by atoms with E-state index < -0.39 is 0 Å². The van der Waals surface area contributed by atoms with Gasteiger partial charge >= 0.3 is 0 Å². The van der Waals surface area contributed by atoms with Crippen LogP contribution >= 0.6 is 15.9 Å². The van der Waals surface area contributed by atoms with Gasteiger partial charge in [0.1, 0.15) is 0 Å². The minimum Gasteiger partial charge on any atom is -0.493 e. The number of rotatable bonds is 5. The SMILES string of the molecule is COc1cc2c(cc1OC)C(=O)/C(=C\c1cc(Br)c(OC)c(OC)c1)CC2. The highest BCUT2D eigenvalue weighted by molar-refractivity contribution is 9.10. The number of benzene rings is 2. The Morgan fingerprint density at radius 3 is 2.15 bits per heavy atom. The van der Waals surface area contributed by atoms with Crippen LogP contribution < -0.4 is 18.9 Å². The zero-order valence-corrected chi connectivity index (χ0v) is 17.3. The summed E-state index contributed by atoms with van der Waals surface area (Å²) in [5.41, 5.74) is 3.24. The van der Waals surface area contributed by atoms with Crippen molar-refractivity contribution in [1.82, 2.24) is 0 Å². The number of carbonyl (C=O) groups excluding carboxylic acids is 1. The van der Waals surface area contributed by atoms with Crippen LogP contribution in [0.5, 0.6) is 23.0 Å². The lowest BCUT2D eigenvalue weighted by atomic mass is 9.85. The number of hydrogen-bond donors (Lipinski definition) is 0. The summed E-state index contributed by atoms with van der Waals surface area (Å²) in [6.45, 7) is 0. The second-order valence-electron chi connectivity index (χ2n) is 6.10. The quantitative estimate of drug-likeness (QED) is 0.641. The fraction of sp³-hybridized carbons (Fsp3) is 0.286. The van der Waals surface area contributed by atoms with E-state index in [4.69, 9.17) is 18.9 Å². The van der Waals surface area contributed by atoms with Gasteiger partial charge in [-0.1, -0.05) is 0 Å². The van der Waals surface area contributed by atoms with Crippen molar-refractivity contribution in [1.29, 1.82) is 0 Å². The lowest BCUT2D eigenvalue weighted by molar-refractivity contribution is 0.102. The molecule has 5 nitrogen and oxygen atoms in total. The van der Waals surface area contributed by atoms with Crippen molar-refractivity contribution < 1.29 is 23.7 Å². The summed E-state index contributed by atoms with van der Waals surface area (Å²) in [5.74, 6) is 2.42. The summed E-state index contributed by atoms with van der Waals surface area (Å²) in [6.07, 6.45) is 3.32. The Morgan fingerprint density at radius 2 is 1.52 bits per heavy atom. The van der Waals surface area contributed by atoms with Crippen LogP contribution in [-0.4, -0.2) is 34.2 Å². The van der Waals surface area contributed by atoms with E-state index in [1.54, 1.807) is 34.5 Å². The molecule has 6 heteroatoms. The van der Waals surface area contributed by atoms with Gasteiger partial charge in [0.2, 0.25) is 0 Å². The first-order valence-electron chi connectivity index (χ1n) is 8.44. The van der Waals surface area contributed by atoms with Crippen LogP contribution in [0.3, 0.4) is 0 Å². The number of fused-ring (bicyclic) bond motifs is 1. The number of methoxy groups -OCH3 is 4. The van der Waals surface area contributed by atoms with E-state index in [1.165, 1.54) is 0 Å². The first-order valence-corrected chi connectivity index (χ1v) is 9.23. The van der Waals surface area contributed by atoms with E-state index in [-0.39, 0.29) is 5.78 Å². The molecule has 0 atom stereocenters. The summed E-state index contributed by atoms with van der Waals surface area (Å²) in [5, 5.41) is 0. The van der Waals surface area contributed by atoms with Gasteiger partial charge < -0.3 is 18.9 Å². The van der Waals surface area contributed by atoms with Crippen LogP contribution in [0.15, 0.2) is 34.3 Å². The predicted molar refractivity (Wildman–Crippen MR) is 107 cm³/mol. The number of ether oxygens (including phenoxy) is 4. The molecule has 0 radical (unpaired) electrons. The molecule has 0 aromatic heterocycles. The zero-order valence-electron chi connectivity index (χ0n) is 15.7. The van der Waals surface area contributed by atoms with Crippen molar-refractivity contribution in [3.63, 3.8) is 0 Å². The molecule has 2 aromatic carbocycles. The minimum absolute atomic E-state index is 0.00288. The summed E-state index contributed by atoms with van der Waals surface area (Å²) >= 11 is 3.49. The Morgan fingerprint density at radius 1 is 0.852 bits per heavy atom. The van der Waals surface area contributed by atoms with Crippen molar-refractivity contribution in [2.24, 2.45) is 0 Å². The maximum Gasteiger partial charge on any atom is 0.189 e. The number of carbonyl (C=O) groups is 1. The predicted octanol–water partition coefficient (Wildman–Crippen LogP) is 4.70. The van der Waals surface area contributed by atoms with E-state index in [2.05, 4.69) is 15.9 Å². The number of ketones is 1. The fourth-order valence-electron chi connectivity index (χ4n) is 3.26. The molecule has 142 valence electrons. The average molecular weight is 433 g/mol. The topological polar surface area (TPSA) is 54.0 Å². The average Bonchev–Trinajstić information content (AvgIpc) is 2.68. The normalized spacial score (nSPS) is 14.7. The van der Waals surface area contributed by atoms with E-state index in [9.17, 15) is 4.79 Å². The summed E-state index contributed by atoms with van der Waals surface area (Å²) < 4.78 is 22.2. The van der Waals surface area contributed by atoms with E-state index >= 15 is 0 Å². The maximum atomic E-state index is 13.0. The third-order valence-corrected chi connectivity index (χ3v) is 5.20. The van der Waals surface area contributed by atoms with Gasteiger partial charge in [0.25, 0.3) is 0 Å². The highest BCUT2D eigenvalue weighted by Gasteiger charge is 2.24. The molecule has 1 aliphatic carbocycles. The molecule has 0 saturated carbocycles. The molecule has 1 aliphatic rings. The minimum atomic E-state index is 0.00288. The van der Waals surface area contributed by atoms with Gasteiger partial charge in [-0.2, -0.15) is 0 Å². The Bertz CT molecular complexity index is 917. The van der Waals surface area contributed by atoms with Gasteiger partial charge in [-0.15, -0.1) is 0 Å². The molecule has 0 N–H and O–H groups in total. The van der Waals surface area contributed by atoms with Gasteiger partial charge in [-0.05, 0) is 70.2 Å². The maximum absolute atomic E-state index is 13.0. The Kier molecular flexibility index (Phi) is 5.75. The molecule has 0 bridgehead atoms. The van der Waals surface area contributed by atoms with Crippen molar-refractivity contribution in [2.45, 2.75) is 12.8 Å². The van der Waals surface area contributed by atoms with Crippen LogP contribution in [0.2, 0.25) is 0 Å². The third kappa shape index (κ3) is 3.67. The van der Waals surface area contributed by atoms with E-state index in [0.717, 1.165) is 27.6 Å². The Labute approximate surface area is 167 Å². The molecule has 0 saturated heterocycles. The number of hydrogen-bond acceptors (Lipinski definition) is 5. The second kappa shape index (κ2) is 8.05. The van der Waals surface area contributed by atoms with Crippen molar-refractivity contribution >= 4 is 27.8 Å². The third-order valence-electron chi connectivity index (χ3n) is 4.61. The smallest absolute Gasteiger partial charge is 0.189 e. The first-order chi connectivity index (χ1) is 13.0. The molecule has 0 amide bonds. The molecule has 0 spiro atoms. The van der Waals surface area contributed by atoms with Gasteiger partial charge in [0.15, 0.2) is 28.8 Å². The van der Waals surface area contributed by atoms with Crippen LogP contribution in [-0.2, 0) is 6.42 Å². The molecular weight excluding hydrogens is 412 g/mol. The molecule has 0 aliphatic heterocycles. The largest absolute Gasteiger partial charge is 0.493 e. The number of allylic oxidation sites excluding steroid dienone is 1. The summed E-state index contributed by atoms with van der Waals surface area (Å²) in [6, 6.07) is 7.41. The lowest BCUT2D eigenvalue weighted by Gasteiger charge is -2.20. The summed E-state index contributed by atoms with van der Waals surface area (Å²) in [7, 11) is 6.33. The molecule has 2 aromatic rings. The number of aryl methyl sites for hydroxylation is 1. The van der Waals surface area contributed by atoms with Gasteiger partial charge in [0.05, 0.1) is 32.9 Å². The van der Waals surface area contributed by atoms with Crippen molar-refractivity contribution in [3.8, 4) is 23.0 Å². The van der Waals surface area contributed by atoms with E-state index in [0.29, 0.717) is 35.0 Å². The van der Waals surface area contributed by atoms with Crippen LogP contribution in [0.4, 0.5) is 0 Å². The number of halogens is 1. The zero-order chi connectivity index (χ0) is 19.6. The molecule has 0 fully saturated rings. The van der Waals surface area contributed by atoms with E-state index in [1.807, 2.05) is 24.3 Å². The number of Topliss-reactive ketones (excluding diaryl/α,β-unsaturated/α-hetero) is 1. The first kappa shape index (κ1) is 19.3. The van der Waals surface area contributed by atoms with Crippen molar-refractivity contribution in [3.05, 3.63) is 51.0 Å². The Balaban J connectivity index is 2.01. The molecule has 27 heavy (non-hydrogen) atoms. The monoisotopic (exact) mass is 432 g/mol. The second-order valence-corrected chi connectivity index (χ2v) is 6.96. The van der Waals surface area contributed by atoms with Crippen LogP contribution in [0, 0.1) is 0 Å². The fourth-order valence-corrected chi connectivity index (χ4v) is 3.88. The molecular formula is C21H21BrO5. The van der Waals surface area contributed by atoms with Gasteiger partial charge in [-0.25, -0.2) is 0 Å². The molecule has 0 heterocycles. The highest BCUT2D eigenvalue weighted by Crippen LogP contribution is 2.39. The molecule has 3 rings (SSSR count). The van der Waals surface area contributed by atoms with Crippen LogP contribution in [0.1, 0.15) is 27.9 Å². The highest BCUT2D eigenvalue weighted by atomic mass is 79.9. The summed E-state index contributed by atoms with van der Waals surface area (Å²) in [4.78, 5) is 13.0.